The van der Waals surface area contributed by atoms with Crippen LogP contribution in [0.5, 0.6) is 0 Å². The van der Waals surface area contributed by atoms with E-state index < -0.39 is 0 Å². The van der Waals surface area contributed by atoms with Crippen LogP contribution in [0.1, 0.15) is 0 Å². The molecule has 0 saturated heterocycles. The molecule has 0 fully saturated rings. The van der Waals surface area contributed by atoms with Crippen molar-refractivity contribution in [3.8, 4) is 0 Å². The van der Waals surface area contributed by atoms with Crippen LogP contribution >= 0.6 is 0 Å². The molecular weight excluding hydrogens is 217 g/mol. The van der Waals surface area contributed by atoms with Gasteiger partial charge in [0.25, 0.3) is 0 Å². The van der Waals surface area contributed by atoms with Crippen molar-refractivity contribution in [2.75, 3.05) is 0 Å². The van der Waals surface area contributed by atoms with Crippen LogP contribution in [0.4, 0.5) is 0 Å². The van der Waals surface area contributed by atoms with Crippen molar-refractivity contribution in [2.45, 2.75) is 0 Å². The minimum atomic E-state index is 0. The molecule has 0 heterocycles. The molecule has 0 aromatic carbocycles. The number of nitrogens with one attached hydrogen (secondary N) is 1. The van der Waals surface area contributed by atoms with Crippen LogP contribution in [-0.2, 0) is 24.2 Å². The van der Waals surface area contributed by atoms with Gasteiger partial charge in [-0.2, -0.15) is 0 Å². The first-order valence-corrected chi connectivity index (χ1v) is 2.05. The normalized spacial score (nSPS) is 1.50. The van der Waals surface area contributed by atoms with Gasteiger partial charge >= 0.3 is 27.5 Å². The van der Waals surface area contributed by atoms with Gasteiger partial charge in [0.1, 0.15) is 0 Å². The summed E-state index contributed by atoms with van der Waals surface area (Å²) >= 11 is 0.556. The molecule has 2 heteroatoms. The van der Waals surface area contributed by atoms with Gasteiger partial charge in [0, 0.05) is 0 Å². The van der Waals surface area contributed by atoms with E-state index in [0.717, 1.165) is 0 Å². The minimum absolute atomic E-state index is 0. The topological polar surface area (TPSA) is 23.9 Å². The Morgan fingerprint density at radius 3 is 1.00 bits per heavy atom. The summed E-state index contributed by atoms with van der Waals surface area (Å²) in [6.45, 7) is 0. The molecule has 0 amide bonds. The first-order valence-electron chi connectivity index (χ1n) is 0.250. The Balaban J connectivity index is -0.00000000500. The molecule has 0 aromatic heterocycles. The molecular formula is C2H7HfN. The molecule has 0 rings (SSSR count). The zero-order valence-electron chi connectivity index (χ0n) is 3.00. The standard InChI is InChI=1S/2CH3.Hf.HN/h2*1H3;;1H/q2*-1;+2;. The molecule has 0 unspecified atom stereocenters. The summed E-state index contributed by atoms with van der Waals surface area (Å²) in [6, 6.07) is 0. The molecule has 0 aliphatic heterocycles. The van der Waals surface area contributed by atoms with E-state index in [4.69, 9.17) is 3.33 Å². The summed E-state index contributed by atoms with van der Waals surface area (Å²) in [5.74, 6) is 0. The summed E-state index contributed by atoms with van der Waals surface area (Å²) in [7, 11) is 0. The van der Waals surface area contributed by atoms with Gasteiger partial charge in [-0.1, -0.05) is 0 Å². The van der Waals surface area contributed by atoms with Gasteiger partial charge in [0.05, 0.1) is 0 Å². The Kier molecular flexibility index (Phi) is 329. The monoisotopic (exact) mass is 225 g/mol. The van der Waals surface area contributed by atoms with Gasteiger partial charge in [-0.15, -0.1) is 0 Å². The van der Waals surface area contributed by atoms with Gasteiger partial charge < -0.3 is 14.9 Å². The van der Waals surface area contributed by atoms with Crippen LogP contribution in [0.2, 0.25) is 0 Å². The van der Waals surface area contributed by atoms with Gasteiger partial charge in [0.2, 0.25) is 0 Å². The number of hydrogen-bond donors (Lipinski definition) is 1. The van der Waals surface area contributed by atoms with Crippen molar-refractivity contribution in [3.05, 3.63) is 14.9 Å². The van der Waals surface area contributed by atoms with Gasteiger partial charge in [0.15, 0.2) is 0 Å². The molecule has 0 atom stereocenters. The van der Waals surface area contributed by atoms with Crippen LogP contribution in [0.25, 0.3) is 0 Å². The summed E-state index contributed by atoms with van der Waals surface area (Å²) in [4.78, 5) is 0. The first kappa shape index (κ1) is 22.6. The Bertz CT molecular complexity index is 6.00. The van der Waals surface area contributed by atoms with E-state index >= 15 is 0 Å². The third-order valence-electron chi connectivity index (χ3n) is 0. The van der Waals surface area contributed by atoms with E-state index in [2.05, 4.69) is 0 Å². The van der Waals surface area contributed by atoms with Crippen LogP contribution in [0.15, 0.2) is 0 Å². The van der Waals surface area contributed by atoms with Crippen LogP contribution in [0, 0.1) is 18.2 Å². The molecule has 4 heavy (non-hydrogen) atoms. The summed E-state index contributed by atoms with van der Waals surface area (Å²) in [5, 5.41) is 0. The molecule has 0 saturated carbocycles. The van der Waals surface area contributed by atoms with Gasteiger partial charge in [-0.05, 0) is 0 Å². The molecule has 24 valence electrons. The van der Waals surface area contributed by atoms with E-state index in [9.17, 15) is 0 Å². The summed E-state index contributed by atoms with van der Waals surface area (Å²) in [6.07, 6.45) is 0. The average Bonchev–Trinajstić information content (AvgIpc) is 1.00. The summed E-state index contributed by atoms with van der Waals surface area (Å²) in [5.41, 5.74) is 0. The molecule has 0 aliphatic rings. The van der Waals surface area contributed by atoms with Crippen molar-refractivity contribution in [1.29, 1.82) is 3.33 Å². The predicted molar refractivity (Wildman–Crippen MR) is 15.5 cm³/mol. The third-order valence-corrected chi connectivity index (χ3v) is 0. The zero-order valence-corrected chi connectivity index (χ0v) is 6.59. The molecule has 0 spiro atoms. The SMILES string of the molecule is [CH3-].[CH3-].[NH]=[Hf+2]. The fourth-order valence-corrected chi connectivity index (χ4v) is 0. The fourth-order valence-electron chi connectivity index (χ4n) is 0. The zero-order chi connectivity index (χ0) is 2.00. The van der Waals surface area contributed by atoms with Gasteiger partial charge in [-0.3, -0.25) is 0 Å². The Morgan fingerprint density at radius 2 is 1.00 bits per heavy atom. The fraction of sp³-hybridized carbons (Fsp3) is 0. The number of rotatable bonds is 0. The maximum absolute atomic E-state index is 5.89. The summed E-state index contributed by atoms with van der Waals surface area (Å²) < 4.78 is 5.89. The van der Waals surface area contributed by atoms with Crippen molar-refractivity contribution in [3.63, 3.8) is 0 Å². The van der Waals surface area contributed by atoms with Gasteiger partial charge in [-0.25, -0.2) is 0 Å². The second-order valence-corrected chi connectivity index (χ2v) is 0. The number of hydrogen-bond acceptors (Lipinski definition) is 1. The van der Waals surface area contributed by atoms with E-state index in [0.29, 0.717) is 24.2 Å². The van der Waals surface area contributed by atoms with Crippen molar-refractivity contribution in [1.82, 2.24) is 0 Å². The Hall–Kier alpha value is 0.670. The second-order valence-electron chi connectivity index (χ2n) is 0. The van der Waals surface area contributed by atoms with E-state index in [1.54, 1.807) is 0 Å². The molecule has 0 aromatic rings. The van der Waals surface area contributed by atoms with Crippen molar-refractivity contribution in [2.24, 2.45) is 0 Å². The predicted octanol–water partition coefficient (Wildman–Crippen LogP) is 1.20. The van der Waals surface area contributed by atoms with Crippen molar-refractivity contribution < 1.29 is 24.2 Å². The van der Waals surface area contributed by atoms with Crippen LogP contribution in [0.3, 0.4) is 0 Å². The quantitative estimate of drug-likeness (QED) is 0.471. The molecule has 0 aliphatic carbocycles. The Labute approximate surface area is 42.7 Å². The van der Waals surface area contributed by atoms with E-state index in [1.807, 2.05) is 0 Å². The van der Waals surface area contributed by atoms with Crippen LogP contribution in [-0.4, -0.2) is 0 Å². The van der Waals surface area contributed by atoms with Crippen molar-refractivity contribution >= 4 is 0 Å². The maximum atomic E-state index is 5.89. The average molecular weight is 224 g/mol. The Morgan fingerprint density at radius 1 is 1.00 bits per heavy atom. The third kappa shape index (κ3) is 16.6. The molecule has 1 N–H and O–H groups in total. The first-order chi connectivity index (χ1) is 1.00. The molecule has 1 nitrogen and oxygen atoms in total. The van der Waals surface area contributed by atoms with E-state index in [-0.39, 0.29) is 14.9 Å². The second kappa shape index (κ2) is 58.3. The molecule has 0 bridgehead atoms. The van der Waals surface area contributed by atoms with E-state index in [1.165, 1.54) is 0 Å². The molecule has 0 radical (unpaired) electrons. The van der Waals surface area contributed by atoms with Crippen LogP contribution < -0.4 is 0 Å².